The summed E-state index contributed by atoms with van der Waals surface area (Å²) in [5.41, 5.74) is 6.42. The van der Waals surface area contributed by atoms with Gasteiger partial charge in [0.1, 0.15) is 5.69 Å². The van der Waals surface area contributed by atoms with E-state index in [9.17, 15) is 5.21 Å². The van der Waals surface area contributed by atoms with Crippen molar-refractivity contribution in [2.24, 2.45) is 10.3 Å². The Hall–Kier alpha value is -3.00. The van der Waals surface area contributed by atoms with Crippen LogP contribution in [-0.2, 0) is 0 Å². The minimum absolute atomic E-state index is 0.259. The number of benzene rings is 2. The summed E-state index contributed by atoms with van der Waals surface area (Å²) >= 11 is 3.39. The predicted octanol–water partition coefficient (Wildman–Crippen LogP) is 4.00. The van der Waals surface area contributed by atoms with Gasteiger partial charge >= 0.3 is 0 Å². The molecule has 0 saturated heterocycles. The lowest BCUT2D eigenvalue weighted by molar-refractivity contribution is 0.320. The van der Waals surface area contributed by atoms with Crippen molar-refractivity contribution in [3.63, 3.8) is 0 Å². The fourth-order valence-electron chi connectivity index (χ4n) is 2.29. The first-order valence-electron chi connectivity index (χ1n) is 7.86. The van der Waals surface area contributed by atoms with Crippen LogP contribution in [0, 0.1) is 6.92 Å². The molecule has 1 heterocycles. The number of aromatic nitrogens is 3. The first kappa shape index (κ1) is 17.8. The number of hydrogen-bond donors (Lipinski definition) is 2. The van der Waals surface area contributed by atoms with Crippen molar-refractivity contribution in [2.75, 3.05) is 5.43 Å². The Labute approximate surface area is 159 Å². The molecule has 7 nitrogen and oxygen atoms in total. The highest BCUT2D eigenvalue weighted by molar-refractivity contribution is 9.10. The molecule has 0 spiro atoms. The predicted molar refractivity (Wildman–Crippen MR) is 105 cm³/mol. The van der Waals surface area contributed by atoms with Crippen LogP contribution in [0.5, 0.6) is 0 Å². The maximum Gasteiger partial charge on any atom is 0.155 e. The maximum atomic E-state index is 9.48. The summed E-state index contributed by atoms with van der Waals surface area (Å²) in [6.45, 7) is 3.55. The van der Waals surface area contributed by atoms with Crippen LogP contribution in [0.1, 0.15) is 18.3 Å². The topological polar surface area (TPSA) is 87.7 Å². The summed E-state index contributed by atoms with van der Waals surface area (Å²) in [5, 5.41) is 26.0. The van der Waals surface area contributed by atoms with Gasteiger partial charge in [0.25, 0.3) is 0 Å². The third kappa shape index (κ3) is 3.97. The molecular formula is C18H17BrN6O. The number of aryl methyl sites for hydroxylation is 1. The summed E-state index contributed by atoms with van der Waals surface area (Å²) in [6, 6.07) is 17.1. The van der Waals surface area contributed by atoms with Crippen LogP contribution in [0.3, 0.4) is 0 Å². The molecule has 0 amide bonds. The quantitative estimate of drug-likeness (QED) is 0.376. The van der Waals surface area contributed by atoms with Crippen LogP contribution in [0.15, 0.2) is 69.3 Å². The molecule has 2 N–H and O–H groups in total. The molecule has 0 aliphatic heterocycles. The van der Waals surface area contributed by atoms with Crippen molar-refractivity contribution >= 4 is 33.0 Å². The van der Waals surface area contributed by atoms with E-state index in [0.29, 0.717) is 17.1 Å². The normalized spacial score (nSPS) is 12.3. The van der Waals surface area contributed by atoms with Gasteiger partial charge in [-0.15, -0.1) is 5.10 Å². The Balaban J connectivity index is 1.85. The van der Waals surface area contributed by atoms with E-state index in [2.05, 4.69) is 41.8 Å². The fourth-order valence-corrected chi connectivity index (χ4v) is 2.56. The van der Waals surface area contributed by atoms with E-state index in [1.54, 1.807) is 6.92 Å². The number of anilines is 1. The molecule has 0 radical (unpaired) electrons. The number of nitrogens with zero attached hydrogens (tertiary/aromatic N) is 5. The number of hydrogen-bond acceptors (Lipinski definition) is 6. The van der Waals surface area contributed by atoms with Crippen LogP contribution >= 0.6 is 15.9 Å². The van der Waals surface area contributed by atoms with Gasteiger partial charge in [-0.3, -0.25) is 5.43 Å². The van der Waals surface area contributed by atoms with Gasteiger partial charge in [-0.05, 0) is 50.2 Å². The third-order valence-electron chi connectivity index (χ3n) is 3.63. The number of nitrogens with one attached hydrogen (secondary N) is 1. The van der Waals surface area contributed by atoms with Crippen LogP contribution < -0.4 is 5.43 Å². The summed E-state index contributed by atoms with van der Waals surface area (Å²) in [4.78, 5) is 1.51. The van der Waals surface area contributed by atoms with Gasteiger partial charge in [0.05, 0.1) is 22.8 Å². The van der Waals surface area contributed by atoms with E-state index in [4.69, 9.17) is 0 Å². The van der Waals surface area contributed by atoms with Crippen LogP contribution in [0.2, 0.25) is 0 Å². The van der Waals surface area contributed by atoms with Crippen molar-refractivity contribution in [1.82, 2.24) is 15.0 Å². The Morgan fingerprint density at radius 3 is 2.42 bits per heavy atom. The second kappa shape index (κ2) is 7.92. The highest BCUT2D eigenvalue weighted by Crippen LogP contribution is 2.14. The van der Waals surface area contributed by atoms with Crippen molar-refractivity contribution < 1.29 is 5.21 Å². The smallest absolute Gasteiger partial charge is 0.155 e. The molecule has 8 heteroatoms. The van der Waals surface area contributed by atoms with E-state index in [0.717, 1.165) is 15.8 Å². The monoisotopic (exact) mass is 412 g/mol. The lowest BCUT2D eigenvalue weighted by Crippen LogP contribution is -2.16. The molecule has 3 aromatic rings. The zero-order valence-corrected chi connectivity index (χ0v) is 15.8. The van der Waals surface area contributed by atoms with Crippen LogP contribution in [0.4, 0.5) is 5.69 Å². The zero-order chi connectivity index (χ0) is 18.5. The number of rotatable bonds is 5. The van der Waals surface area contributed by atoms with Crippen molar-refractivity contribution in [1.29, 1.82) is 0 Å². The number of halogens is 1. The maximum absolute atomic E-state index is 9.48. The van der Waals surface area contributed by atoms with Gasteiger partial charge < -0.3 is 5.21 Å². The summed E-state index contributed by atoms with van der Waals surface area (Å²) in [7, 11) is 0. The molecule has 26 heavy (non-hydrogen) atoms. The second-order valence-corrected chi connectivity index (χ2v) is 6.44. The largest absolute Gasteiger partial charge is 0.410 e. The number of para-hydroxylation sites is 1. The average Bonchev–Trinajstić information content (AvgIpc) is 3.04. The Morgan fingerprint density at radius 2 is 1.77 bits per heavy atom. The van der Waals surface area contributed by atoms with Gasteiger partial charge in [0.2, 0.25) is 0 Å². The van der Waals surface area contributed by atoms with E-state index < -0.39 is 0 Å². The first-order valence-corrected chi connectivity index (χ1v) is 8.66. The number of hydrazone groups is 1. The molecule has 2 aromatic carbocycles. The first-order chi connectivity index (χ1) is 12.6. The molecule has 3 rings (SSSR count). The third-order valence-corrected chi connectivity index (χ3v) is 4.16. The molecule has 0 saturated carbocycles. The van der Waals surface area contributed by atoms with Gasteiger partial charge in [0.15, 0.2) is 5.71 Å². The molecule has 0 aliphatic rings. The van der Waals surface area contributed by atoms with Crippen LogP contribution in [-0.4, -0.2) is 31.6 Å². The standard InChI is InChI=1S/C18H17BrN6O/c1-12(20-21-15-10-8-14(19)9-11-15)18(24-26)17-13(2)22-25(23-17)16-6-4-3-5-7-16/h3-11,21,26H,1-2H3/b20-12+,24-18-. The fraction of sp³-hybridized carbons (Fsp3) is 0.111. The van der Waals surface area contributed by atoms with Crippen molar-refractivity contribution in [3.8, 4) is 5.69 Å². The lowest BCUT2D eigenvalue weighted by Gasteiger charge is -2.04. The van der Waals surface area contributed by atoms with Crippen LogP contribution in [0.25, 0.3) is 5.69 Å². The summed E-state index contributed by atoms with van der Waals surface area (Å²) < 4.78 is 0.981. The van der Waals surface area contributed by atoms with Gasteiger partial charge in [0, 0.05) is 4.47 Å². The lowest BCUT2D eigenvalue weighted by atomic mass is 10.1. The molecular weight excluding hydrogens is 396 g/mol. The molecule has 132 valence electrons. The molecule has 0 fully saturated rings. The Morgan fingerprint density at radius 1 is 1.08 bits per heavy atom. The SMILES string of the molecule is CC(=N\Nc1ccc(Br)cc1)/C(=N/O)c1nn(-c2ccccc2)nc1C. The molecule has 0 atom stereocenters. The van der Waals surface area contributed by atoms with Gasteiger partial charge in [-0.25, -0.2) is 0 Å². The van der Waals surface area contributed by atoms with E-state index >= 15 is 0 Å². The summed E-state index contributed by atoms with van der Waals surface area (Å²) in [6.07, 6.45) is 0. The van der Waals surface area contributed by atoms with E-state index in [1.165, 1.54) is 4.80 Å². The van der Waals surface area contributed by atoms with E-state index in [-0.39, 0.29) is 5.71 Å². The van der Waals surface area contributed by atoms with Crippen molar-refractivity contribution in [2.45, 2.75) is 13.8 Å². The average molecular weight is 413 g/mol. The molecule has 1 aromatic heterocycles. The minimum Gasteiger partial charge on any atom is -0.410 e. The molecule has 0 bridgehead atoms. The Kier molecular flexibility index (Phi) is 5.43. The molecule has 0 aliphatic carbocycles. The zero-order valence-electron chi connectivity index (χ0n) is 14.3. The van der Waals surface area contributed by atoms with E-state index in [1.807, 2.05) is 61.5 Å². The molecule has 0 unspecified atom stereocenters. The minimum atomic E-state index is 0.259. The highest BCUT2D eigenvalue weighted by Gasteiger charge is 2.18. The highest BCUT2D eigenvalue weighted by atomic mass is 79.9. The number of oxime groups is 1. The Bertz CT molecular complexity index is 948. The van der Waals surface area contributed by atoms with Gasteiger partial charge in [-0.2, -0.15) is 15.0 Å². The van der Waals surface area contributed by atoms with Gasteiger partial charge in [-0.1, -0.05) is 39.3 Å². The second-order valence-electron chi connectivity index (χ2n) is 5.52. The summed E-state index contributed by atoms with van der Waals surface area (Å²) in [5.74, 6) is 0. The van der Waals surface area contributed by atoms with Crippen molar-refractivity contribution in [3.05, 3.63) is 70.5 Å².